The predicted molar refractivity (Wildman–Crippen MR) is 100 cm³/mol. The van der Waals surface area contributed by atoms with Crippen LogP contribution in [0, 0.1) is 5.82 Å². The topological polar surface area (TPSA) is 82.1 Å². The molecule has 0 N–H and O–H groups in total. The van der Waals surface area contributed by atoms with Gasteiger partial charge in [0, 0.05) is 6.07 Å². The van der Waals surface area contributed by atoms with Gasteiger partial charge in [0.15, 0.2) is 11.5 Å². The molecule has 7 nitrogen and oxygen atoms in total. The summed E-state index contributed by atoms with van der Waals surface area (Å²) in [4.78, 5) is 11.9. The summed E-state index contributed by atoms with van der Waals surface area (Å²) in [6, 6.07) is 7.50. The van der Waals surface area contributed by atoms with Crippen LogP contribution in [0.4, 0.5) is 10.1 Å². The van der Waals surface area contributed by atoms with Gasteiger partial charge in [-0.05, 0) is 37.3 Å². The summed E-state index contributed by atoms with van der Waals surface area (Å²) in [5, 5.41) is -0.274. The highest BCUT2D eigenvalue weighted by Gasteiger charge is 2.29. The highest BCUT2D eigenvalue weighted by molar-refractivity contribution is 7.92. The van der Waals surface area contributed by atoms with E-state index in [0.717, 1.165) is 16.4 Å². The summed E-state index contributed by atoms with van der Waals surface area (Å²) in [5.74, 6) is -0.769. The lowest BCUT2D eigenvalue weighted by molar-refractivity contribution is -0.141. The van der Waals surface area contributed by atoms with Crippen molar-refractivity contribution < 1.29 is 31.8 Å². The number of fused-ring (bicyclic) bond motifs is 1. The Balaban J connectivity index is 2.04. The number of esters is 1. The first-order valence-corrected chi connectivity index (χ1v) is 10.2. The number of benzene rings is 2. The van der Waals surface area contributed by atoms with Crippen molar-refractivity contribution in [1.29, 1.82) is 0 Å². The first-order valence-electron chi connectivity index (χ1n) is 8.36. The fourth-order valence-corrected chi connectivity index (χ4v) is 4.18. The minimum atomic E-state index is -4.21. The zero-order valence-corrected chi connectivity index (χ0v) is 16.4. The van der Waals surface area contributed by atoms with E-state index in [0.29, 0.717) is 12.4 Å². The smallest absolute Gasteiger partial charge is 0.326 e. The number of hydrogen-bond donors (Lipinski definition) is 0. The van der Waals surface area contributed by atoms with Crippen molar-refractivity contribution in [2.75, 3.05) is 30.7 Å². The molecule has 1 aliphatic rings. The van der Waals surface area contributed by atoms with Crippen LogP contribution in [-0.4, -0.2) is 40.8 Å². The number of rotatable bonds is 6. The van der Waals surface area contributed by atoms with Gasteiger partial charge in [-0.1, -0.05) is 11.6 Å². The molecule has 0 saturated carbocycles. The Bertz CT molecular complexity index is 998. The van der Waals surface area contributed by atoms with Crippen LogP contribution in [0.1, 0.15) is 6.92 Å². The van der Waals surface area contributed by atoms with E-state index in [1.165, 1.54) is 24.3 Å². The van der Waals surface area contributed by atoms with Crippen molar-refractivity contribution in [3.8, 4) is 11.5 Å². The van der Waals surface area contributed by atoms with Gasteiger partial charge in [-0.25, -0.2) is 12.8 Å². The molecule has 0 amide bonds. The normalized spacial score (nSPS) is 13.1. The zero-order chi connectivity index (χ0) is 20.3. The van der Waals surface area contributed by atoms with Crippen molar-refractivity contribution >= 4 is 33.3 Å². The number of sulfonamides is 1. The number of halogens is 2. The van der Waals surface area contributed by atoms with E-state index in [9.17, 15) is 17.6 Å². The summed E-state index contributed by atoms with van der Waals surface area (Å²) in [5.41, 5.74) is 0.0225. The Morgan fingerprint density at radius 1 is 1.18 bits per heavy atom. The molecule has 0 atom stereocenters. The molecule has 2 aromatic carbocycles. The van der Waals surface area contributed by atoms with E-state index >= 15 is 0 Å². The molecular formula is C18H17ClFNO6S. The van der Waals surface area contributed by atoms with Gasteiger partial charge in [0.05, 0.1) is 22.2 Å². The summed E-state index contributed by atoms with van der Waals surface area (Å²) in [7, 11) is -4.21. The molecule has 2 aromatic rings. The van der Waals surface area contributed by atoms with Gasteiger partial charge in [0.2, 0.25) is 0 Å². The van der Waals surface area contributed by atoms with Crippen LogP contribution in [0.25, 0.3) is 0 Å². The number of carbonyl (C=O) groups excluding carboxylic acids is 1. The van der Waals surface area contributed by atoms with Crippen molar-refractivity contribution in [2.45, 2.75) is 11.8 Å². The van der Waals surface area contributed by atoms with E-state index in [4.69, 9.17) is 25.8 Å². The molecule has 1 aliphatic heterocycles. The molecule has 10 heteroatoms. The molecule has 0 spiro atoms. The Morgan fingerprint density at radius 2 is 1.89 bits per heavy atom. The van der Waals surface area contributed by atoms with Crippen LogP contribution in [0.3, 0.4) is 0 Å². The second-order valence-corrected chi connectivity index (χ2v) is 7.99. The van der Waals surface area contributed by atoms with Gasteiger partial charge < -0.3 is 14.2 Å². The highest BCUT2D eigenvalue weighted by Crippen LogP contribution is 2.34. The third-order valence-electron chi connectivity index (χ3n) is 3.87. The van der Waals surface area contributed by atoms with Crippen LogP contribution in [0.2, 0.25) is 5.02 Å². The van der Waals surface area contributed by atoms with Gasteiger partial charge in [-0.3, -0.25) is 9.10 Å². The Kier molecular flexibility index (Phi) is 5.95. The number of carbonyl (C=O) groups is 1. The van der Waals surface area contributed by atoms with E-state index in [2.05, 4.69) is 0 Å². The van der Waals surface area contributed by atoms with Gasteiger partial charge in [0.1, 0.15) is 25.6 Å². The van der Waals surface area contributed by atoms with Crippen LogP contribution < -0.4 is 13.8 Å². The monoisotopic (exact) mass is 429 g/mol. The van der Waals surface area contributed by atoms with Crippen LogP contribution >= 0.6 is 11.6 Å². The van der Waals surface area contributed by atoms with Gasteiger partial charge in [-0.2, -0.15) is 0 Å². The van der Waals surface area contributed by atoms with E-state index in [1.54, 1.807) is 6.92 Å². The minimum absolute atomic E-state index is 0.0225. The lowest BCUT2D eigenvalue weighted by Gasteiger charge is -2.25. The molecule has 0 aliphatic carbocycles. The molecular weight excluding hydrogens is 413 g/mol. The quantitative estimate of drug-likeness (QED) is 0.656. The standard InChI is InChI=1S/C18H17ClFNO6S/c1-2-25-18(22)11-21(12-3-5-15(20)14(19)9-12)28(23,24)13-4-6-16-17(10-13)27-8-7-26-16/h3-6,9-10H,2,7-8,11H2,1H3. The maximum Gasteiger partial charge on any atom is 0.326 e. The molecule has 3 rings (SSSR count). The summed E-state index contributed by atoms with van der Waals surface area (Å²) in [6.07, 6.45) is 0. The summed E-state index contributed by atoms with van der Waals surface area (Å²) >= 11 is 5.80. The largest absolute Gasteiger partial charge is 0.486 e. The third kappa shape index (κ3) is 4.15. The van der Waals surface area contributed by atoms with Gasteiger partial charge in [0.25, 0.3) is 10.0 Å². The molecule has 0 saturated heterocycles. The van der Waals surface area contributed by atoms with E-state index in [-0.39, 0.29) is 34.6 Å². The first kappa shape index (κ1) is 20.2. The number of anilines is 1. The molecule has 28 heavy (non-hydrogen) atoms. The lowest BCUT2D eigenvalue weighted by Crippen LogP contribution is -2.36. The lowest BCUT2D eigenvalue weighted by atomic mass is 10.3. The van der Waals surface area contributed by atoms with Crippen molar-refractivity contribution in [3.05, 3.63) is 47.2 Å². The number of nitrogens with zero attached hydrogens (tertiary/aromatic N) is 1. The van der Waals surface area contributed by atoms with Crippen molar-refractivity contribution in [3.63, 3.8) is 0 Å². The molecule has 150 valence electrons. The summed E-state index contributed by atoms with van der Waals surface area (Å²) in [6.45, 7) is 1.73. The predicted octanol–water partition coefficient (Wildman–Crippen LogP) is 3.01. The Labute approximate surface area is 166 Å². The second-order valence-electron chi connectivity index (χ2n) is 5.72. The summed E-state index contributed by atoms with van der Waals surface area (Å²) < 4.78 is 56.5. The average Bonchev–Trinajstić information content (AvgIpc) is 2.68. The van der Waals surface area contributed by atoms with Gasteiger partial charge >= 0.3 is 5.97 Å². The minimum Gasteiger partial charge on any atom is -0.486 e. The number of ether oxygens (including phenoxy) is 3. The third-order valence-corrected chi connectivity index (χ3v) is 5.93. The molecule has 1 heterocycles. The Hall–Kier alpha value is -2.52. The highest BCUT2D eigenvalue weighted by atomic mass is 35.5. The van der Waals surface area contributed by atoms with Gasteiger partial charge in [-0.15, -0.1) is 0 Å². The maximum absolute atomic E-state index is 13.5. The zero-order valence-electron chi connectivity index (χ0n) is 14.9. The van der Waals surface area contributed by atoms with E-state index < -0.39 is 28.4 Å². The first-order chi connectivity index (χ1) is 13.3. The fourth-order valence-electron chi connectivity index (χ4n) is 2.59. The van der Waals surface area contributed by atoms with Crippen LogP contribution in [0.5, 0.6) is 11.5 Å². The molecule has 0 fully saturated rings. The van der Waals surface area contributed by atoms with Crippen molar-refractivity contribution in [1.82, 2.24) is 0 Å². The molecule has 0 radical (unpaired) electrons. The molecule has 0 bridgehead atoms. The Morgan fingerprint density at radius 3 is 2.57 bits per heavy atom. The SMILES string of the molecule is CCOC(=O)CN(c1ccc(F)c(Cl)c1)S(=O)(=O)c1ccc2c(c1)OCCO2. The average molecular weight is 430 g/mol. The van der Waals surface area contributed by atoms with Crippen LogP contribution in [-0.2, 0) is 19.6 Å². The number of hydrogen-bond acceptors (Lipinski definition) is 6. The fraction of sp³-hybridized carbons (Fsp3) is 0.278. The second kappa shape index (κ2) is 8.24. The van der Waals surface area contributed by atoms with Crippen molar-refractivity contribution in [2.24, 2.45) is 0 Å². The van der Waals surface area contributed by atoms with E-state index in [1.807, 2.05) is 0 Å². The molecule has 0 aromatic heterocycles. The van der Waals surface area contributed by atoms with Crippen LogP contribution in [0.15, 0.2) is 41.3 Å². The maximum atomic E-state index is 13.5. The molecule has 0 unspecified atom stereocenters.